The van der Waals surface area contributed by atoms with E-state index < -0.39 is 0 Å². The van der Waals surface area contributed by atoms with Crippen LogP contribution in [0, 0.1) is 11.8 Å². The summed E-state index contributed by atoms with van der Waals surface area (Å²) in [5, 5.41) is 3.43. The lowest BCUT2D eigenvalue weighted by atomic mass is 9.80. The summed E-state index contributed by atoms with van der Waals surface area (Å²) in [6.45, 7) is 12.3. The van der Waals surface area contributed by atoms with Gasteiger partial charge in [0, 0.05) is 6.04 Å². The minimum atomic E-state index is 0.325. The lowest BCUT2D eigenvalue weighted by Gasteiger charge is -2.35. The fourth-order valence-corrected chi connectivity index (χ4v) is 2.53. The largest absolute Gasteiger partial charge is 0.374 e. The SMILES string of the molecule is CCNC(C)C(C)OC1CCC(C)C(C)C1. The Morgan fingerprint density at radius 1 is 1.19 bits per heavy atom. The van der Waals surface area contributed by atoms with E-state index in [1.165, 1.54) is 19.3 Å². The zero-order valence-corrected chi connectivity index (χ0v) is 11.6. The zero-order chi connectivity index (χ0) is 12.1. The third-order valence-electron chi connectivity index (χ3n) is 4.19. The summed E-state index contributed by atoms with van der Waals surface area (Å²) in [5.74, 6) is 1.70. The first-order chi connectivity index (χ1) is 7.54. The van der Waals surface area contributed by atoms with Gasteiger partial charge in [-0.2, -0.15) is 0 Å². The number of nitrogens with one attached hydrogen (secondary N) is 1. The Balaban J connectivity index is 2.31. The standard InChI is InChI=1S/C14H29NO/c1-6-15-12(4)13(5)16-14-8-7-10(2)11(3)9-14/h10-15H,6-9H2,1-5H3. The van der Waals surface area contributed by atoms with E-state index in [9.17, 15) is 0 Å². The molecule has 0 aromatic rings. The Morgan fingerprint density at radius 3 is 2.44 bits per heavy atom. The Morgan fingerprint density at radius 2 is 1.88 bits per heavy atom. The molecule has 0 aromatic heterocycles. The van der Waals surface area contributed by atoms with Crippen molar-refractivity contribution in [2.75, 3.05) is 6.54 Å². The van der Waals surface area contributed by atoms with E-state index in [0.29, 0.717) is 18.2 Å². The van der Waals surface area contributed by atoms with Crippen LogP contribution in [0.4, 0.5) is 0 Å². The molecule has 1 fully saturated rings. The summed E-state index contributed by atoms with van der Waals surface area (Å²) >= 11 is 0. The van der Waals surface area contributed by atoms with Crippen molar-refractivity contribution in [3.63, 3.8) is 0 Å². The maximum absolute atomic E-state index is 6.16. The molecule has 0 saturated heterocycles. The van der Waals surface area contributed by atoms with Gasteiger partial charge in [-0.15, -0.1) is 0 Å². The molecule has 1 aliphatic rings. The van der Waals surface area contributed by atoms with Crippen molar-refractivity contribution in [3.05, 3.63) is 0 Å². The Bertz CT molecular complexity index is 195. The number of hydrogen-bond acceptors (Lipinski definition) is 2. The molecule has 0 spiro atoms. The lowest BCUT2D eigenvalue weighted by Crippen LogP contribution is -2.40. The predicted octanol–water partition coefficient (Wildman–Crippen LogP) is 3.21. The monoisotopic (exact) mass is 227 g/mol. The van der Waals surface area contributed by atoms with Crippen molar-refractivity contribution in [2.24, 2.45) is 11.8 Å². The van der Waals surface area contributed by atoms with Crippen LogP contribution in [-0.2, 0) is 4.74 Å². The molecule has 0 heterocycles. The van der Waals surface area contributed by atoms with Gasteiger partial charge in [-0.05, 0) is 51.5 Å². The summed E-state index contributed by atoms with van der Waals surface area (Å²) in [6.07, 6.45) is 4.63. The summed E-state index contributed by atoms with van der Waals surface area (Å²) in [7, 11) is 0. The van der Waals surface area contributed by atoms with Crippen molar-refractivity contribution in [1.82, 2.24) is 5.32 Å². The fourth-order valence-electron chi connectivity index (χ4n) is 2.53. The molecule has 5 atom stereocenters. The minimum Gasteiger partial charge on any atom is -0.374 e. The molecule has 1 aliphatic carbocycles. The van der Waals surface area contributed by atoms with E-state index >= 15 is 0 Å². The summed E-state index contributed by atoms with van der Waals surface area (Å²) in [4.78, 5) is 0. The molecule has 2 nitrogen and oxygen atoms in total. The van der Waals surface area contributed by atoms with Gasteiger partial charge in [0.2, 0.25) is 0 Å². The van der Waals surface area contributed by atoms with E-state index in [1.807, 2.05) is 0 Å². The highest BCUT2D eigenvalue weighted by Gasteiger charge is 2.27. The van der Waals surface area contributed by atoms with Crippen LogP contribution in [0.15, 0.2) is 0 Å². The highest BCUT2D eigenvalue weighted by molar-refractivity contribution is 4.78. The Kier molecular flexibility index (Phi) is 5.77. The molecule has 0 amide bonds. The lowest BCUT2D eigenvalue weighted by molar-refractivity contribution is -0.0510. The van der Waals surface area contributed by atoms with Gasteiger partial charge in [0.25, 0.3) is 0 Å². The van der Waals surface area contributed by atoms with Crippen LogP contribution in [0.2, 0.25) is 0 Å². The molecule has 0 bridgehead atoms. The first-order valence-corrected chi connectivity index (χ1v) is 6.93. The number of hydrogen-bond donors (Lipinski definition) is 1. The normalized spacial score (nSPS) is 34.7. The molecule has 5 unspecified atom stereocenters. The van der Waals surface area contributed by atoms with Gasteiger partial charge in [-0.3, -0.25) is 0 Å². The Labute approximate surface area is 101 Å². The van der Waals surface area contributed by atoms with Crippen LogP contribution < -0.4 is 5.32 Å². The average molecular weight is 227 g/mol. The number of likely N-dealkylation sites (N-methyl/N-ethyl adjacent to an activating group) is 1. The third kappa shape index (κ3) is 4.06. The van der Waals surface area contributed by atoms with Gasteiger partial charge in [-0.1, -0.05) is 20.8 Å². The topological polar surface area (TPSA) is 21.3 Å². The van der Waals surface area contributed by atoms with Gasteiger partial charge in [-0.25, -0.2) is 0 Å². The smallest absolute Gasteiger partial charge is 0.0700 e. The molecule has 0 radical (unpaired) electrons. The quantitative estimate of drug-likeness (QED) is 0.778. The molecule has 0 aromatic carbocycles. The highest BCUT2D eigenvalue weighted by atomic mass is 16.5. The van der Waals surface area contributed by atoms with Crippen LogP contribution in [0.5, 0.6) is 0 Å². The maximum atomic E-state index is 6.16. The van der Waals surface area contributed by atoms with E-state index in [0.717, 1.165) is 18.4 Å². The van der Waals surface area contributed by atoms with Crippen LogP contribution in [-0.4, -0.2) is 24.8 Å². The van der Waals surface area contributed by atoms with E-state index in [-0.39, 0.29) is 0 Å². The average Bonchev–Trinajstić information content (AvgIpc) is 2.24. The minimum absolute atomic E-state index is 0.325. The van der Waals surface area contributed by atoms with E-state index in [2.05, 4.69) is 39.9 Å². The van der Waals surface area contributed by atoms with E-state index in [4.69, 9.17) is 4.74 Å². The van der Waals surface area contributed by atoms with Gasteiger partial charge in [0.15, 0.2) is 0 Å². The molecule has 0 aliphatic heterocycles. The molecule has 1 N–H and O–H groups in total. The van der Waals surface area contributed by atoms with Gasteiger partial charge in [0.05, 0.1) is 12.2 Å². The summed E-state index contributed by atoms with van der Waals surface area (Å²) in [6, 6.07) is 0.458. The second kappa shape index (κ2) is 6.61. The molecule has 1 rings (SSSR count). The molecule has 1 saturated carbocycles. The second-order valence-electron chi connectivity index (χ2n) is 5.58. The van der Waals surface area contributed by atoms with Gasteiger partial charge in [0.1, 0.15) is 0 Å². The third-order valence-corrected chi connectivity index (χ3v) is 4.19. The predicted molar refractivity (Wildman–Crippen MR) is 69.7 cm³/mol. The molecule has 16 heavy (non-hydrogen) atoms. The first kappa shape index (κ1) is 14.0. The molecule has 96 valence electrons. The fraction of sp³-hybridized carbons (Fsp3) is 1.00. The van der Waals surface area contributed by atoms with Crippen LogP contribution in [0.25, 0.3) is 0 Å². The van der Waals surface area contributed by atoms with Crippen LogP contribution in [0.3, 0.4) is 0 Å². The van der Waals surface area contributed by atoms with Crippen molar-refractivity contribution >= 4 is 0 Å². The van der Waals surface area contributed by atoms with Gasteiger partial charge >= 0.3 is 0 Å². The molecule has 2 heteroatoms. The van der Waals surface area contributed by atoms with Crippen molar-refractivity contribution < 1.29 is 4.74 Å². The summed E-state index contributed by atoms with van der Waals surface area (Å²) in [5.41, 5.74) is 0. The van der Waals surface area contributed by atoms with E-state index in [1.54, 1.807) is 0 Å². The highest BCUT2D eigenvalue weighted by Crippen LogP contribution is 2.31. The first-order valence-electron chi connectivity index (χ1n) is 6.93. The van der Waals surface area contributed by atoms with Gasteiger partial charge < -0.3 is 10.1 Å². The number of ether oxygens (including phenoxy) is 1. The van der Waals surface area contributed by atoms with Crippen molar-refractivity contribution in [1.29, 1.82) is 0 Å². The molecular weight excluding hydrogens is 198 g/mol. The molecular formula is C14H29NO. The second-order valence-corrected chi connectivity index (χ2v) is 5.58. The summed E-state index contributed by atoms with van der Waals surface area (Å²) < 4.78 is 6.16. The van der Waals surface area contributed by atoms with Crippen molar-refractivity contribution in [2.45, 2.75) is 72.1 Å². The maximum Gasteiger partial charge on any atom is 0.0700 e. The van der Waals surface area contributed by atoms with Crippen molar-refractivity contribution in [3.8, 4) is 0 Å². The number of rotatable bonds is 5. The zero-order valence-electron chi connectivity index (χ0n) is 11.6. The Hall–Kier alpha value is -0.0800. The van der Waals surface area contributed by atoms with Crippen LogP contribution >= 0.6 is 0 Å². The van der Waals surface area contributed by atoms with Crippen LogP contribution in [0.1, 0.15) is 53.9 Å².